The zero-order valence-electron chi connectivity index (χ0n) is 14.5. The van der Waals surface area contributed by atoms with Gasteiger partial charge in [-0.1, -0.05) is 0 Å². The molecule has 0 aromatic carbocycles. The standard InChI is InChI=1S/C19H17BrN6O/c20-13-7-15(9-21-8-13)25-12-17-16(19(25)27)11-26(23-17)14-3-4-18(22-10-14)24-5-1-2-6-24/h3-4,7-11H,1-2,5-6,12H2. The Kier molecular flexibility index (Phi) is 3.93. The number of pyridine rings is 2. The summed E-state index contributed by atoms with van der Waals surface area (Å²) in [7, 11) is 0. The highest BCUT2D eigenvalue weighted by Crippen LogP contribution is 2.29. The van der Waals surface area contributed by atoms with E-state index in [0.717, 1.165) is 40.4 Å². The second-order valence-electron chi connectivity index (χ2n) is 6.76. The molecule has 0 spiro atoms. The maximum absolute atomic E-state index is 12.8. The van der Waals surface area contributed by atoms with Gasteiger partial charge in [0.05, 0.1) is 41.6 Å². The van der Waals surface area contributed by atoms with Crippen LogP contribution in [0.5, 0.6) is 0 Å². The summed E-state index contributed by atoms with van der Waals surface area (Å²) in [4.78, 5) is 25.5. The third-order valence-corrected chi connectivity index (χ3v) is 5.44. The second kappa shape index (κ2) is 6.45. The van der Waals surface area contributed by atoms with Crippen molar-refractivity contribution in [1.82, 2.24) is 19.7 Å². The molecule has 7 nitrogen and oxygen atoms in total. The van der Waals surface area contributed by atoms with Gasteiger partial charge in [-0.05, 0) is 47.0 Å². The van der Waals surface area contributed by atoms with E-state index in [1.54, 1.807) is 28.2 Å². The number of anilines is 2. The van der Waals surface area contributed by atoms with Crippen LogP contribution in [0.25, 0.3) is 5.69 Å². The fraction of sp³-hybridized carbons (Fsp3) is 0.263. The Labute approximate surface area is 164 Å². The number of hydrogen-bond donors (Lipinski definition) is 0. The summed E-state index contributed by atoms with van der Waals surface area (Å²) in [5, 5.41) is 4.61. The van der Waals surface area contributed by atoms with Crippen molar-refractivity contribution in [3.8, 4) is 5.69 Å². The summed E-state index contributed by atoms with van der Waals surface area (Å²) < 4.78 is 2.58. The van der Waals surface area contributed by atoms with Crippen LogP contribution in [0.2, 0.25) is 0 Å². The minimum Gasteiger partial charge on any atom is -0.357 e. The molecular formula is C19H17BrN6O. The van der Waals surface area contributed by atoms with Crippen molar-refractivity contribution in [3.63, 3.8) is 0 Å². The van der Waals surface area contributed by atoms with Crippen molar-refractivity contribution in [3.05, 3.63) is 58.7 Å². The lowest BCUT2D eigenvalue weighted by Crippen LogP contribution is -2.24. The molecule has 0 unspecified atom stereocenters. The molecule has 0 atom stereocenters. The molecule has 3 aromatic rings. The molecule has 1 amide bonds. The Bertz CT molecular complexity index is 1010. The van der Waals surface area contributed by atoms with Crippen molar-refractivity contribution in [1.29, 1.82) is 0 Å². The van der Waals surface area contributed by atoms with E-state index in [4.69, 9.17) is 0 Å². The van der Waals surface area contributed by atoms with Gasteiger partial charge < -0.3 is 9.80 Å². The average molecular weight is 425 g/mol. The van der Waals surface area contributed by atoms with Crippen molar-refractivity contribution < 1.29 is 4.79 Å². The smallest absolute Gasteiger partial charge is 0.262 e. The third-order valence-electron chi connectivity index (χ3n) is 5.00. The maximum atomic E-state index is 12.8. The molecule has 0 radical (unpaired) electrons. The molecule has 1 fully saturated rings. The van der Waals surface area contributed by atoms with Crippen LogP contribution in [-0.4, -0.2) is 38.7 Å². The van der Waals surface area contributed by atoms with Gasteiger partial charge in [0, 0.05) is 30.0 Å². The number of fused-ring (bicyclic) bond motifs is 1. The van der Waals surface area contributed by atoms with Crippen molar-refractivity contribution in [2.45, 2.75) is 19.4 Å². The Hall–Kier alpha value is -2.74. The Balaban J connectivity index is 1.39. The van der Waals surface area contributed by atoms with E-state index in [1.165, 1.54) is 12.8 Å². The van der Waals surface area contributed by atoms with Crippen LogP contribution in [0.3, 0.4) is 0 Å². The van der Waals surface area contributed by atoms with Crippen LogP contribution >= 0.6 is 15.9 Å². The highest BCUT2D eigenvalue weighted by Gasteiger charge is 2.32. The number of hydrogen-bond acceptors (Lipinski definition) is 5. The minimum absolute atomic E-state index is 0.0576. The molecular weight excluding hydrogens is 408 g/mol. The van der Waals surface area contributed by atoms with Crippen LogP contribution in [0.15, 0.2) is 47.5 Å². The third kappa shape index (κ3) is 2.90. The van der Waals surface area contributed by atoms with Crippen LogP contribution in [-0.2, 0) is 6.54 Å². The SMILES string of the molecule is O=C1c2cn(-c3ccc(N4CCCC4)nc3)nc2CN1c1cncc(Br)c1. The van der Waals surface area contributed by atoms with Crippen molar-refractivity contribution in [2.24, 2.45) is 0 Å². The topological polar surface area (TPSA) is 67.2 Å². The van der Waals surface area contributed by atoms with E-state index in [2.05, 4.69) is 35.9 Å². The first-order valence-corrected chi connectivity index (χ1v) is 9.71. The van der Waals surface area contributed by atoms with Crippen LogP contribution in [0, 0.1) is 0 Å². The zero-order chi connectivity index (χ0) is 18.4. The monoisotopic (exact) mass is 424 g/mol. The number of carbonyl (C=O) groups is 1. The molecule has 5 heterocycles. The number of nitrogens with zero attached hydrogens (tertiary/aromatic N) is 6. The molecule has 0 N–H and O–H groups in total. The largest absolute Gasteiger partial charge is 0.357 e. The van der Waals surface area contributed by atoms with Gasteiger partial charge >= 0.3 is 0 Å². The van der Waals surface area contributed by atoms with Crippen LogP contribution in [0.1, 0.15) is 28.9 Å². The fourth-order valence-electron chi connectivity index (χ4n) is 3.61. The number of aromatic nitrogens is 4. The molecule has 5 rings (SSSR count). The van der Waals surface area contributed by atoms with Crippen LogP contribution < -0.4 is 9.80 Å². The summed E-state index contributed by atoms with van der Waals surface area (Å²) in [6.07, 6.45) is 9.43. The normalized spacial score (nSPS) is 16.3. The van der Waals surface area contributed by atoms with Gasteiger partial charge in [0.25, 0.3) is 5.91 Å². The number of halogens is 1. The predicted octanol–water partition coefficient (Wildman–Crippen LogP) is 3.19. The number of carbonyl (C=O) groups excluding carboxylic acids is 1. The van der Waals surface area contributed by atoms with Gasteiger partial charge in [-0.3, -0.25) is 9.78 Å². The summed E-state index contributed by atoms with van der Waals surface area (Å²) in [6.45, 7) is 2.58. The summed E-state index contributed by atoms with van der Waals surface area (Å²) >= 11 is 3.40. The van der Waals surface area contributed by atoms with E-state index in [0.29, 0.717) is 12.1 Å². The first kappa shape index (κ1) is 16.4. The summed E-state index contributed by atoms with van der Waals surface area (Å²) in [5.41, 5.74) is 3.01. The maximum Gasteiger partial charge on any atom is 0.262 e. The highest BCUT2D eigenvalue weighted by atomic mass is 79.9. The van der Waals surface area contributed by atoms with Gasteiger partial charge in [-0.25, -0.2) is 9.67 Å². The first-order chi connectivity index (χ1) is 13.2. The molecule has 1 saturated heterocycles. The van der Waals surface area contributed by atoms with Gasteiger partial charge in [-0.15, -0.1) is 0 Å². The number of rotatable bonds is 3. The average Bonchev–Trinajstić information content (AvgIpc) is 3.40. The van der Waals surface area contributed by atoms with E-state index in [9.17, 15) is 4.79 Å². The lowest BCUT2D eigenvalue weighted by molar-refractivity contribution is 0.0996. The van der Waals surface area contributed by atoms with E-state index < -0.39 is 0 Å². The second-order valence-corrected chi connectivity index (χ2v) is 7.67. The lowest BCUT2D eigenvalue weighted by atomic mass is 10.3. The van der Waals surface area contributed by atoms with Gasteiger partial charge in [0.15, 0.2) is 0 Å². The fourth-order valence-corrected chi connectivity index (χ4v) is 3.96. The molecule has 8 heteroatoms. The van der Waals surface area contributed by atoms with E-state index >= 15 is 0 Å². The number of amides is 1. The molecule has 2 aliphatic heterocycles. The molecule has 0 aliphatic carbocycles. The Morgan fingerprint density at radius 1 is 1.04 bits per heavy atom. The van der Waals surface area contributed by atoms with Crippen LogP contribution in [0.4, 0.5) is 11.5 Å². The Morgan fingerprint density at radius 3 is 2.59 bits per heavy atom. The van der Waals surface area contributed by atoms with Gasteiger partial charge in [0.2, 0.25) is 0 Å². The molecule has 2 aliphatic rings. The van der Waals surface area contributed by atoms with Crippen molar-refractivity contribution >= 4 is 33.3 Å². The van der Waals surface area contributed by atoms with Gasteiger partial charge in [0.1, 0.15) is 5.82 Å². The summed E-state index contributed by atoms with van der Waals surface area (Å²) in [6, 6.07) is 5.91. The van der Waals surface area contributed by atoms with Gasteiger partial charge in [-0.2, -0.15) is 5.10 Å². The first-order valence-electron chi connectivity index (χ1n) is 8.91. The predicted molar refractivity (Wildman–Crippen MR) is 105 cm³/mol. The minimum atomic E-state index is -0.0576. The summed E-state index contributed by atoms with van der Waals surface area (Å²) in [5.74, 6) is 0.943. The lowest BCUT2D eigenvalue weighted by Gasteiger charge is -2.16. The zero-order valence-corrected chi connectivity index (χ0v) is 16.1. The molecule has 3 aromatic heterocycles. The Morgan fingerprint density at radius 2 is 1.89 bits per heavy atom. The van der Waals surface area contributed by atoms with Crippen molar-refractivity contribution in [2.75, 3.05) is 22.9 Å². The molecule has 0 bridgehead atoms. The van der Waals surface area contributed by atoms with E-state index in [-0.39, 0.29) is 5.91 Å². The quantitative estimate of drug-likeness (QED) is 0.645. The molecule has 0 saturated carbocycles. The molecule has 136 valence electrons. The van der Waals surface area contributed by atoms with E-state index in [1.807, 2.05) is 24.4 Å². The molecule has 27 heavy (non-hydrogen) atoms. The highest BCUT2D eigenvalue weighted by molar-refractivity contribution is 9.10.